The Labute approximate surface area is 126 Å². The van der Waals surface area contributed by atoms with Crippen LogP contribution < -0.4 is 11.1 Å². The van der Waals surface area contributed by atoms with E-state index in [-0.39, 0.29) is 17.4 Å². The van der Waals surface area contributed by atoms with E-state index in [1.54, 1.807) is 0 Å². The molecule has 0 aliphatic carbocycles. The molecule has 3 nitrogen and oxygen atoms in total. The summed E-state index contributed by atoms with van der Waals surface area (Å²) in [5.74, 6) is -0.0249. The van der Waals surface area contributed by atoms with E-state index in [1.165, 1.54) is 0 Å². The average Bonchev–Trinajstić information content (AvgIpc) is 2.36. The molecule has 3 N–H and O–H groups in total. The summed E-state index contributed by atoms with van der Waals surface area (Å²) in [4.78, 5) is 12.2. The molecule has 0 saturated carbocycles. The van der Waals surface area contributed by atoms with E-state index in [1.807, 2.05) is 42.5 Å². The number of anilines is 1. The van der Waals surface area contributed by atoms with Gasteiger partial charge in [-0.25, -0.2) is 0 Å². The molecule has 0 spiro atoms. The largest absolute Gasteiger partial charge is 0.327 e. The highest BCUT2D eigenvalue weighted by atomic mass is 16.1. The lowest BCUT2D eigenvalue weighted by molar-refractivity contribution is -0.116. The highest BCUT2D eigenvalue weighted by Gasteiger charge is 2.18. The minimum atomic E-state index is -0.111. The predicted octanol–water partition coefficient (Wildman–Crippen LogP) is 3.93. The Bertz CT molecular complexity index is 623. The highest BCUT2D eigenvalue weighted by molar-refractivity contribution is 6.02. The van der Waals surface area contributed by atoms with Crippen LogP contribution >= 0.6 is 0 Å². The van der Waals surface area contributed by atoms with Crippen molar-refractivity contribution in [1.82, 2.24) is 0 Å². The maximum Gasteiger partial charge on any atom is 0.225 e. The molecule has 0 heterocycles. The molecular weight excluding hydrogens is 260 g/mol. The molecule has 0 saturated heterocycles. The topological polar surface area (TPSA) is 55.1 Å². The van der Waals surface area contributed by atoms with Crippen molar-refractivity contribution >= 4 is 22.4 Å². The number of rotatable bonds is 4. The van der Waals surface area contributed by atoms with Gasteiger partial charge in [-0.1, -0.05) is 57.2 Å². The minimum Gasteiger partial charge on any atom is -0.327 e. The van der Waals surface area contributed by atoms with Crippen molar-refractivity contribution in [2.24, 2.45) is 11.1 Å². The third-order valence-corrected chi connectivity index (χ3v) is 3.39. The number of benzene rings is 2. The fourth-order valence-corrected chi connectivity index (χ4v) is 2.63. The third-order valence-electron chi connectivity index (χ3n) is 3.39. The maximum absolute atomic E-state index is 12.2. The number of hydrogen-bond acceptors (Lipinski definition) is 2. The fraction of sp³-hybridized carbons (Fsp3) is 0.389. The number of carbonyl (C=O) groups is 1. The van der Waals surface area contributed by atoms with Crippen LogP contribution in [0.5, 0.6) is 0 Å². The summed E-state index contributed by atoms with van der Waals surface area (Å²) in [6, 6.07) is 13.8. The molecule has 21 heavy (non-hydrogen) atoms. The zero-order chi connectivity index (χ0) is 15.5. The Balaban J connectivity index is 2.05. The van der Waals surface area contributed by atoms with Gasteiger partial charge in [-0.15, -0.1) is 0 Å². The van der Waals surface area contributed by atoms with Crippen LogP contribution in [0.15, 0.2) is 42.5 Å². The van der Waals surface area contributed by atoms with Crippen molar-refractivity contribution in [3.63, 3.8) is 0 Å². The summed E-state index contributed by atoms with van der Waals surface area (Å²) in [7, 11) is 0. The predicted molar refractivity (Wildman–Crippen MR) is 89.2 cm³/mol. The normalized spacial score (nSPS) is 13.1. The Kier molecular flexibility index (Phi) is 4.63. The van der Waals surface area contributed by atoms with Gasteiger partial charge in [0.05, 0.1) is 0 Å². The van der Waals surface area contributed by atoms with Crippen LogP contribution in [0.2, 0.25) is 0 Å². The van der Waals surface area contributed by atoms with E-state index >= 15 is 0 Å². The van der Waals surface area contributed by atoms with E-state index < -0.39 is 0 Å². The second kappa shape index (κ2) is 6.27. The number of fused-ring (bicyclic) bond motifs is 1. The van der Waals surface area contributed by atoms with Gasteiger partial charge in [0.15, 0.2) is 0 Å². The van der Waals surface area contributed by atoms with Gasteiger partial charge < -0.3 is 11.1 Å². The highest BCUT2D eigenvalue weighted by Crippen LogP contribution is 2.24. The summed E-state index contributed by atoms with van der Waals surface area (Å²) < 4.78 is 0. The third kappa shape index (κ3) is 4.57. The van der Waals surface area contributed by atoms with Crippen LogP contribution in [0.1, 0.15) is 33.6 Å². The lowest BCUT2D eigenvalue weighted by Crippen LogP contribution is -2.31. The number of amides is 1. The van der Waals surface area contributed by atoms with Crippen molar-refractivity contribution in [1.29, 1.82) is 0 Å². The number of carbonyl (C=O) groups excluding carboxylic acids is 1. The summed E-state index contributed by atoms with van der Waals surface area (Å²) in [6.45, 7) is 6.40. The van der Waals surface area contributed by atoms with Crippen molar-refractivity contribution in [3.8, 4) is 0 Å². The Morgan fingerprint density at radius 1 is 1.14 bits per heavy atom. The molecule has 3 heteroatoms. The van der Waals surface area contributed by atoms with Crippen molar-refractivity contribution < 1.29 is 4.79 Å². The second-order valence-electron chi connectivity index (χ2n) is 6.80. The monoisotopic (exact) mass is 284 g/mol. The lowest BCUT2D eigenvalue weighted by Gasteiger charge is -2.22. The van der Waals surface area contributed by atoms with Gasteiger partial charge in [0.1, 0.15) is 0 Å². The molecule has 2 rings (SSSR count). The summed E-state index contributed by atoms with van der Waals surface area (Å²) in [5.41, 5.74) is 7.05. The Hall–Kier alpha value is -1.87. The first-order chi connectivity index (χ1) is 9.85. The summed E-state index contributed by atoms with van der Waals surface area (Å²) in [6.07, 6.45) is 1.18. The van der Waals surface area contributed by atoms with Gasteiger partial charge in [-0.05, 0) is 23.3 Å². The number of hydrogen-bond donors (Lipinski definition) is 2. The first-order valence-electron chi connectivity index (χ1n) is 7.38. The van der Waals surface area contributed by atoms with Crippen LogP contribution in [0, 0.1) is 5.41 Å². The van der Waals surface area contributed by atoms with Gasteiger partial charge in [-0.2, -0.15) is 0 Å². The van der Waals surface area contributed by atoms with Gasteiger partial charge in [-0.3, -0.25) is 4.79 Å². The molecule has 1 atom stereocenters. The Morgan fingerprint density at radius 2 is 1.81 bits per heavy atom. The quantitative estimate of drug-likeness (QED) is 0.893. The molecule has 1 amide bonds. The second-order valence-corrected chi connectivity index (χ2v) is 6.80. The van der Waals surface area contributed by atoms with Gasteiger partial charge >= 0.3 is 0 Å². The van der Waals surface area contributed by atoms with E-state index in [0.717, 1.165) is 22.9 Å². The zero-order valence-electron chi connectivity index (χ0n) is 13.0. The molecule has 2 aromatic carbocycles. The molecule has 112 valence electrons. The molecule has 0 aliphatic heterocycles. The number of nitrogens with one attached hydrogen (secondary N) is 1. The molecule has 0 aliphatic rings. The zero-order valence-corrected chi connectivity index (χ0v) is 13.0. The van der Waals surface area contributed by atoms with Crippen LogP contribution in [0.25, 0.3) is 10.8 Å². The van der Waals surface area contributed by atoms with Gasteiger partial charge in [0.25, 0.3) is 0 Å². The molecule has 0 aromatic heterocycles. The smallest absolute Gasteiger partial charge is 0.225 e. The summed E-state index contributed by atoms with van der Waals surface area (Å²) in [5, 5.41) is 5.16. The molecule has 0 radical (unpaired) electrons. The van der Waals surface area contributed by atoms with E-state index in [2.05, 4.69) is 26.1 Å². The van der Waals surface area contributed by atoms with E-state index in [9.17, 15) is 4.79 Å². The average molecular weight is 284 g/mol. The van der Waals surface area contributed by atoms with Gasteiger partial charge in [0.2, 0.25) is 5.91 Å². The lowest BCUT2D eigenvalue weighted by atomic mass is 9.87. The van der Waals surface area contributed by atoms with Gasteiger partial charge in [0, 0.05) is 23.5 Å². The van der Waals surface area contributed by atoms with Crippen molar-refractivity contribution in [2.75, 3.05) is 5.32 Å². The molecular formula is C18H24N2O. The van der Waals surface area contributed by atoms with E-state index in [4.69, 9.17) is 5.73 Å². The molecule has 0 fully saturated rings. The van der Waals surface area contributed by atoms with E-state index in [0.29, 0.717) is 6.42 Å². The fourth-order valence-electron chi connectivity index (χ4n) is 2.63. The van der Waals surface area contributed by atoms with Crippen LogP contribution in [-0.4, -0.2) is 11.9 Å². The SMILES string of the molecule is CC(C)(C)CC(N)CC(=O)Nc1cccc2ccccc12. The van der Waals surface area contributed by atoms with Crippen LogP contribution in [0.4, 0.5) is 5.69 Å². The first-order valence-corrected chi connectivity index (χ1v) is 7.38. The van der Waals surface area contributed by atoms with Crippen molar-refractivity contribution in [2.45, 2.75) is 39.7 Å². The first kappa shape index (κ1) is 15.5. The van der Waals surface area contributed by atoms with Crippen LogP contribution in [-0.2, 0) is 4.79 Å². The maximum atomic E-state index is 12.2. The number of nitrogens with two attached hydrogens (primary N) is 1. The van der Waals surface area contributed by atoms with Crippen molar-refractivity contribution in [3.05, 3.63) is 42.5 Å². The standard InChI is InChI=1S/C18H24N2O/c1-18(2,3)12-14(19)11-17(21)20-16-10-6-8-13-7-4-5-9-15(13)16/h4-10,14H,11-12,19H2,1-3H3,(H,20,21). The molecule has 1 unspecified atom stereocenters. The summed E-state index contributed by atoms with van der Waals surface area (Å²) >= 11 is 0. The van der Waals surface area contributed by atoms with Crippen LogP contribution in [0.3, 0.4) is 0 Å². The Morgan fingerprint density at radius 3 is 2.52 bits per heavy atom. The molecule has 0 bridgehead atoms. The molecule has 2 aromatic rings. The minimum absolute atomic E-state index is 0.0249.